The molecule has 0 bridgehead atoms. The second-order valence-corrected chi connectivity index (χ2v) is 8.50. The molecule has 2 amide bonds. The second-order valence-electron chi connectivity index (χ2n) is 8.50. The van der Waals surface area contributed by atoms with Gasteiger partial charge in [0.25, 0.3) is 0 Å². The van der Waals surface area contributed by atoms with Crippen LogP contribution in [0.1, 0.15) is 73.6 Å². The lowest BCUT2D eigenvalue weighted by Crippen LogP contribution is -2.48. The zero-order chi connectivity index (χ0) is 20.2. The van der Waals surface area contributed by atoms with Gasteiger partial charge in [-0.05, 0) is 51.4 Å². The van der Waals surface area contributed by atoms with E-state index < -0.39 is 12.2 Å². The Bertz CT molecular complexity index is 644. The number of amides is 2. The Morgan fingerprint density at radius 1 is 1.07 bits per heavy atom. The van der Waals surface area contributed by atoms with Crippen LogP contribution < -0.4 is 5.32 Å². The first-order valence-electron chi connectivity index (χ1n) is 9.64. The number of hydrogen-bond donors (Lipinski definition) is 1. The third-order valence-electron chi connectivity index (χ3n) is 5.28. The van der Waals surface area contributed by atoms with Crippen LogP contribution in [-0.2, 0) is 9.68 Å². The smallest absolute Gasteiger partial charge is 0.317 e. The van der Waals surface area contributed by atoms with Gasteiger partial charge in [-0.3, -0.25) is 14.6 Å². The summed E-state index contributed by atoms with van der Waals surface area (Å²) in [5, 5.41) is 10.5. The van der Waals surface area contributed by atoms with E-state index in [1.807, 2.05) is 27.7 Å². The van der Waals surface area contributed by atoms with Gasteiger partial charge in [0.1, 0.15) is 0 Å². The van der Waals surface area contributed by atoms with Crippen molar-refractivity contribution < 1.29 is 19.3 Å². The molecule has 1 saturated heterocycles. The lowest BCUT2D eigenvalue weighted by Gasteiger charge is -2.40. The molecule has 1 aliphatic carbocycles. The van der Waals surface area contributed by atoms with Gasteiger partial charge in [0.15, 0.2) is 0 Å². The molecule has 2 aliphatic rings. The van der Waals surface area contributed by atoms with E-state index in [1.165, 1.54) is 0 Å². The van der Waals surface area contributed by atoms with Crippen molar-refractivity contribution in [3.63, 3.8) is 0 Å². The molecule has 1 N–H and O–H groups in total. The molecule has 2 rings (SSSR count). The van der Waals surface area contributed by atoms with Crippen LogP contribution >= 0.6 is 0 Å². The van der Waals surface area contributed by atoms with Crippen LogP contribution in [0.5, 0.6) is 0 Å². The molecule has 1 aliphatic heterocycles. The molecule has 0 aromatic heterocycles. The van der Waals surface area contributed by atoms with E-state index in [4.69, 9.17) is 9.68 Å². The van der Waals surface area contributed by atoms with E-state index in [1.54, 1.807) is 4.90 Å². The van der Waals surface area contributed by atoms with Crippen molar-refractivity contribution in [3.8, 4) is 0 Å². The molecule has 0 aromatic carbocycles. The quantitative estimate of drug-likeness (QED) is 0.337. The fraction of sp³-hybridized carbons (Fsp3) is 0.789. The molecule has 2 unspecified atom stereocenters. The molecule has 2 fully saturated rings. The van der Waals surface area contributed by atoms with Crippen LogP contribution in [0.3, 0.4) is 0 Å². The lowest BCUT2D eigenvalue weighted by molar-refractivity contribution is 0.0970. The molecule has 27 heavy (non-hydrogen) atoms. The lowest BCUT2D eigenvalue weighted by atomic mass is 9.69. The molecular weight excluding hydrogens is 348 g/mol. The largest absolute Gasteiger partial charge is 0.436 e. The van der Waals surface area contributed by atoms with Gasteiger partial charge in [-0.15, -0.1) is 0 Å². The van der Waals surface area contributed by atoms with E-state index in [9.17, 15) is 9.59 Å². The average Bonchev–Trinajstić information content (AvgIpc) is 3.27. The standard InChI is InChI=1S/C19H32N4O4/c1-7-13(3)21-26-16(24)20-15-9-18(5,6)11-19(10-15)12-23(19)17(25)27-22-14(4)8-2/h15H,7-12H2,1-6H3,(H,20,24)/b21-13-,22-14-. The molecule has 1 saturated carbocycles. The Labute approximate surface area is 161 Å². The normalized spacial score (nSPS) is 27.3. The molecule has 1 spiro atoms. The Morgan fingerprint density at radius 2 is 1.67 bits per heavy atom. The predicted molar refractivity (Wildman–Crippen MR) is 104 cm³/mol. The average molecular weight is 380 g/mol. The van der Waals surface area contributed by atoms with Gasteiger partial charge in [-0.1, -0.05) is 38.0 Å². The van der Waals surface area contributed by atoms with Crippen LogP contribution in [0.4, 0.5) is 9.59 Å². The van der Waals surface area contributed by atoms with Gasteiger partial charge in [0, 0.05) is 12.6 Å². The molecular formula is C19H32N4O4. The van der Waals surface area contributed by atoms with Crippen molar-refractivity contribution in [1.82, 2.24) is 10.2 Å². The van der Waals surface area contributed by atoms with Crippen molar-refractivity contribution in [1.29, 1.82) is 0 Å². The van der Waals surface area contributed by atoms with Gasteiger partial charge < -0.3 is 5.32 Å². The maximum Gasteiger partial charge on any atom is 0.436 e. The molecule has 8 nitrogen and oxygen atoms in total. The summed E-state index contributed by atoms with van der Waals surface area (Å²) in [4.78, 5) is 36.0. The van der Waals surface area contributed by atoms with Crippen LogP contribution in [0.15, 0.2) is 10.3 Å². The van der Waals surface area contributed by atoms with Crippen LogP contribution in [-0.4, -0.2) is 46.6 Å². The summed E-state index contributed by atoms with van der Waals surface area (Å²) in [5.74, 6) is 0. The number of oxime groups is 2. The molecule has 8 heteroatoms. The van der Waals surface area contributed by atoms with Gasteiger partial charge >= 0.3 is 12.2 Å². The Balaban J connectivity index is 1.97. The molecule has 0 radical (unpaired) electrons. The van der Waals surface area contributed by atoms with Crippen molar-refractivity contribution in [3.05, 3.63) is 0 Å². The molecule has 152 valence electrons. The molecule has 2 atom stereocenters. The second kappa shape index (κ2) is 8.27. The van der Waals surface area contributed by atoms with Crippen molar-refractivity contribution in [2.45, 2.75) is 85.2 Å². The Kier molecular flexibility index (Phi) is 6.49. The van der Waals surface area contributed by atoms with Crippen molar-refractivity contribution >= 4 is 23.6 Å². The highest BCUT2D eigenvalue weighted by Gasteiger charge is 2.61. The number of carbonyl (C=O) groups is 2. The first kappa shape index (κ1) is 21.2. The Hall–Kier alpha value is -2.12. The first-order chi connectivity index (χ1) is 12.6. The third kappa shape index (κ3) is 5.68. The van der Waals surface area contributed by atoms with Crippen LogP contribution in [0.2, 0.25) is 0 Å². The van der Waals surface area contributed by atoms with Gasteiger partial charge in [0.2, 0.25) is 0 Å². The minimum atomic E-state index is -0.557. The molecule has 1 heterocycles. The summed E-state index contributed by atoms with van der Waals surface area (Å²) in [7, 11) is 0. The van der Waals surface area contributed by atoms with E-state index in [0.29, 0.717) is 13.0 Å². The maximum atomic E-state index is 12.3. The van der Waals surface area contributed by atoms with Gasteiger partial charge in [0.05, 0.1) is 17.0 Å². The van der Waals surface area contributed by atoms with Gasteiger partial charge in [-0.25, -0.2) is 9.59 Å². The van der Waals surface area contributed by atoms with Crippen molar-refractivity contribution in [2.75, 3.05) is 6.54 Å². The predicted octanol–water partition coefficient (Wildman–Crippen LogP) is 4.05. The number of carbonyl (C=O) groups excluding carboxylic acids is 2. The van der Waals surface area contributed by atoms with Gasteiger partial charge in [-0.2, -0.15) is 0 Å². The van der Waals surface area contributed by atoms with E-state index in [2.05, 4.69) is 29.5 Å². The van der Waals surface area contributed by atoms with Crippen LogP contribution in [0.25, 0.3) is 0 Å². The van der Waals surface area contributed by atoms with E-state index >= 15 is 0 Å². The minimum absolute atomic E-state index is 0.0174. The summed E-state index contributed by atoms with van der Waals surface area (Å²) in [6.07, 6.45) is 2.84. The zero-order valence-electron chi connectivity index (χ0n) is 17.3. The summed E-state index contributed by atoms with van der Waals surface area (Å²) in [5.41, 5.74) is 1.23. The number of nitrogens with zero attached hydrogens (tertiary/aromatic N) is 3. The topological polar surface area (TPSA) is 92.4 Å². The summed E-state index contributed by atoms with van der Waals surface area (Å²) in [6.45, 7) is 12.4. The maximum absolute atomic E-state index is 12.3. The van der Waals surface area contributed by atoms with E-state index in [-0.39, 0.29) is 17.0 Å². The number of rotatable bonds is 5. The SMILES string of the molecule is CC/C(C)=N\OC(=O)NC1CC(C)(C)CC2(C1)CN2C(=O)O/N=C(/C)CC. The third-order valence-corrected chi connectivity index (χ3v) is 5.28. The highest BCUT2D eigenvalue weighted by Crippen LogP contribution is 2.52. The highest BCUT2D eigenvalue weighted by atomic mass is 16.7. The summed E-state index contributed by atoms with van der Waals surface area (Å²) in [6, 6.07) is -0.0861. The number of nitrogens with one attached hydrogen (secondary N) is 1. The monoisotopic (exact) mass is 380 g/mol. The highest BCUT2D eigenvalue weighted by molar-refractivity contribution is 5.82. The minimum Gasteiger partial charge on any atom is -0.317 e. The summed E-state index contributed by atoms with van der Waals surface area (Å²) < 4.78 is 0. The zero-order valence-corrected chi connectivity index (χ0v) is 17.3. The summed E-state index contributed by atoms with van der Waals surface area (Å²) >= 11 is 0. The van der Waals surface area contributed by atoms with E-state index in [0.717, 1.165) is 37.1 Å². The number of hydrogen-bond acceptors (Lipinski definition) is 6. The molecule has 0 aromatic rings. The fourth-order valence-electron chi connectivity index (χ4n) is 3.79. The van der Waals surface area contributed by atoms with Crippen molar-refractivity contribution in [2.24, 2.45) is 15.7 Å². The fourth-order valence-corrected chi connectivity index (χ4v) is 3.79. The first-order valence-corrected chi connectivity index (χ1v) is 9.64. The van der Waals surface area contributed by atoms with Crippen LogP contribution in [0, 0.1) is 5.41 Å². The Morgan fingerprint density at radius 3 is 2.26 bits per heavy atom.